The Morgan fingerprint density at radius 1 is 1.00 bits per heavy atom. The molecule has 144 valence electrons. The molecule has 6 heteroatoms. The van der Waals surface area contributed by atoms with Crippen LogP contribution in [-0.2, 0) is 17.5 Å². The number of benzene rings is 1. The van der Waals surface area contributed by atoms with Crippen molar-refractivity contribution in [2.24, 2.45) is 5.92 Å². The number of carbonyl (C=O) groups is 1. The largest absolute Gasteiger partial charge is 0.416 e. The zero-order valence-corrected chi connectivity index (χ0v) is 15.0. The van der Waals surface area contributed by atoms with Crippen LogP contribution in [0.25, 0.3) is 0 Å². The number of nitrogens with zero attached hydrogens (tertiary/aromatic N) is 1. The third-order valence-corrected chi connectivity index (χ3v) is 5.62. The number of halogens is 3. The van der Waals surface area contributed by atoms with E-state index < -0.39 is 11.7 Å². The molecule has 2 atom stereocenters. The highest BCUT2D eigenvalue weighted by Crippen LogP contribution is 2.33. The van der Waals surface area contributed by atoms with Crippen LogP contribution < -0.4 is 5.32 Å². The fourth-order valence-electron chi connectivity index (χ4n) is 4.22. The van der Waals surface area contributed by atoms with E-state index in [-0.39, 0.29) is 17.9 Å². The summed E-state index contributed by atoms with van der Waals surface area (Å²) in [7, 11) is 0. The third-order valence-electron chi connectivity index (χ3n) is 5.62. The Morgan fingerprint density at radius 3 is 2.46 bits per heavy atom. The number of hydrogen-bond donors (Lipinski definition) is 1. The average molecular weight is 368 g/mol. The van der Waals surface area contributed by atoms with Gasteiger partial charge in [-0.3, -0.25) is 9.69 Å². The molecule has 1 saturated carbocycles. The number of rotatable bonds is 2. The standard InChI is InChI=1S/C20H27F3N2O/c21-20(22,23)16-10-8-15(9-11-16)14-25-13-4-2-1-3-12-24-19(26)17-6-5-7-18(17)25/h8-11,17-18H,1-7,12-14H2,(H,24,26). The van der Waals surface area contributed by atoms with Gasteiger partial charge in [0.15, 0.2) is 0 Å². The molecular weight excluding hydrogens is 341 g/mol. The fourth-order valence-corrected chi connectivity index (χ4v) is 4.22. The molecule has 0 bridgehead atoms. The first kappa shape index (κ1) is 19.2. The molecule has 1 saturated heterocycles. The number of carbonyl (C=O) groups excluding carboxylic acids is 1. The third kappa shape index (κ3) is 4.78. The SMILES string of the molecule is O=C1NCCCCCCN(Cc2ccc(C(F)(F)F)cc2)C2CCCC12. The zero-order valence-electron chi connectivity index (χ0n) is 15.0. The lowest BCUT2D eigenvalue weighted by Gasteiger charge is -2.32. The summed E-state index contributed by atoms with van der Waals surface area (Å²) in [5.41, 5.74) is 0.260. The second kappa shape index (κ2) is 8.42. The van der Waals surface area contributed by atoms with Gasteiger partial charge in [0.1, 0.15) is 0 Å². The first-order valence-corrected chi connectivity index (χ1v) is 9.63. The summed E-state index contributed by atoms with van der Waals surface area (Å²) >= 11 is 0. The maximum absolute atomic E-state index is 12.8. The summed E-state index contributed by atoms with van der Waals surface area (Å²) in [6.45, 7) is 2.25. The van der Waals surface area contributed by atoms with Crippen molar-refractivity contribution in [1.29, 1.82) is 0 Å². The molecule has 0 radical (unpaired) electrons. The summed E-state index contributed by atoms with van der Waals surface area (Å²) in [6, 6.07) is 5.63. The van der Waals surface area contributed by atoms with Gasteiger partial charge in [0.25, 0.3) is 0 Å². The van der Waals surface area contributed by atoms with Crippen LogP contribution in [0, 0.1) is 5.92 Å². The van der Waals surface area contributed by atoms with E-state index >= 15 is 0 Å². The van der Waals surface area contributed by atoms with E-state index in [1.807, 2.05) is 0 Å². The molecule has 1 aromatic carbocycles. The predicted octanol–water partition coefficient (Wildman–Crippen LogP) is 4.37. The van der Waals surface area contributed by atoms with Crippen LogP contribution in [0.2, 0.25) is 0 Å². The number of fused-ring (bicyclic) bond motifs is 1. The molecule has 1 aromatic rings. The molecule has 3 nitrogen and oxygen atoms in total. The van der Waals surface area contributed by atoms with E-state index in [1.54, 1.807) is 12.1 Å². The Labute approximate surface area is 152 Å². The van der Waals surface area contributed by atoms with Crippen LogP contribution in [0.15, 0.2) is 24.3 Å². The predicted molar refractivity (Wildman–Crippen MR) is 94.5 cm³/mol. The average Bonchev–Trinajstić information content (AvgIpc) is 3.08. The topological polar surface area (TPSA) is 32.3 Å². The minimum absolute atomic E-state index is 0.00236. The van der Waals surface area contributed by atoms with Gasteiger partial charge in [-0.1, -0.05) is 31.4 Å². The van der Waals surface area contributed by atoms with Crippen LogP contribution in [0.3, 0.4) is 0 Å². The van der Waals surface area contributed by atoms with Gasteiger partial charge in [-0.2, -0.15) is 13.2 Å². The lowest BCUT2D eigenvalue weighted by atomic mass is 9.99. The number of amides is 1. The smallest absolute Gasteiger partial charge is 0.356 e. The fraction of sp³-hybridized carbons (Fsp3) is 0.650. The van der Waals surface area contributed by atoms with Gasteiger partial charge in [0.2, 0.25) is 5.91 Å². The van der Waals surface area contributed by atoms with Crippen LogP contribution in [0.5, 0.6) is 0 Å². The highest BCUT2D eigenvalue weighted by atomic mass is 19.4. The summed E-state index contributed by atoms with van der Waals surface area (Å²) in [4.78, 5) is 14.8. The summed E-state index contributed by atoms with van der Waals surface area (Å²) in [5, 5.41) is 3.07. The molecule has 3 rings (SSSR count). The van der Waals surface area contributed by atoms with Crippen LogP contribution in [0.4, 0.5) is 13.2 Å². The second-order valence-electron chi connectivity index (χ2n) is 7.48. The Bertz CT molecular complexity index is 600. The van der Waals surface area contributed by atoms with Gasteiger partial charge in [-0.05, 0) is 49.9 Å². The molecular formula is C20H27F3N2O. The summed E-state index contributed by atoms with van der Waals surface area (Å²) in [5.74, 6) is 0.148. The van der Waals surface area contributed by atoms with Crippen LogP contribution in [0.1, 0.15) is 56.1 Å². The van der Waals surface area contributed by atoms with Crippen molar-refractivity contribution in [2.75, 3.05) is 13.1 Å². The lowest BCUT2D eigenvalue weighted by Crippen LogP contribution is -2.44. The van der Waals surface area contributed by atoms with E-state index in [4.69, 9.17) is 0 Å². The molecule has 2 fully saturated rings. The van der Waals surface area contributed by atoms with E-state index in [2.05, 4.69) is 10.2 Å². The molecule has 1 heterocycles. The summed E-state index contributed by atoms with van der Waals surface area (Å²) < 4.78 is 38.3. The minimum Gasteiger partial charge on any atom is -0.356 e. The minimum atomic E-state index is -4.30. The second-order valence-corrected chi connectivity index (χ2v) is 7.48. The molecule has 1 aliphatic carbocycles. The molecule has 0 spiro atoms. The highest BCUT2D eigenvalue weighted by molar-refractivity contribution is 5.79. The maximum atomic E-state index is 12.8. The van der Waals surface area contributed by atoms with Crippen molar-refractivity contribution in [3.05, 3.63) is 35.4 Å². The highest BCUT2D eigenvalue weighted by Gasteiger charge is 2.37. The zero-order chi connectivity index (χ0) is 18.6. The molecule has 1 N–H and O–H groups in total. The van der Waals surface area contributed by atoms with Gasteiger partial charge in [-0.25, -0.2) is 0 Å². The number of alkyl halides is 3. The first-order valence-electron chi connectivity index (χ1n) is 9.63. The molecule has 26 heavy (non-hydrogen) atoms. The van der Waals surface area contributed by atoms with Gasteiger partial charge in [-0.15, -0.1) is 0 Å². The molecule has 2 aliphatic rings. The van der Waals surface area contributed by atoms with Gasteiger partial charge in [0, 0.05) is 19.1 Å². The monoisotopic (exact) mass is 368 g/mol. The Balaban J connectivity index is 1.74. The number of hydrogen-bond acceptors (Lipinski definition) is 2. The Kier molecular flexibility index (Phi) is 6.22. The molecule has 1 aliphatic heterocycles. The van der Waals surface area contributed by atoms with E-state index in [0.717, 1.165) is 75.7 Å². The first-order chi connectivity index (χ1) is 12.4. The summed E-state index contributed by atoms with van der Waals surface area (Å²) in [6.07, 6.45) is 2.92. The van der Waals surface area contributed by atoms with Crippen molar-refractivity contribution in [1.82, 2.24) is 10.2 Å². The molecule has 0 aromatic heterocycles. The van der Waals surface area contributed by atoms with Crippen molar-refractivity contribution in [2.45, 2.75) is 63.7 Å². The van der Waals surface area contributed by atoms with Crippen LogP contribution >= 0.6 is 0 Å². The Hall–Kier alpha value is -1.56. The van der Waals surface area contributed by atoms with E-state index in [9.17, 15) is 18.0 Å². The molecule has 2 unspecified atom stereocenters. The van der Waals surface area contributed by atoms with Crippen molar-refractivity contribution in [3.8, 4) is 0 Å². The van der Waals surface area contributed by atoms with Crippen LogP contribution in [-0.4, -0.2) is 29.9 Å². The van der Waals surface area contributed by atoms with E-state index in [0.29, 0.717) is 6.54 Å². The normalized spacial score (nSPS) is 26.0. The van der Waals surface area contributed by atoms with Gasteiger partial charge in [0.05, 0.1) is 11.5 Å². The molecule has 1 amide bonds. The quantitative estimate of drug-likeness (QED) is 0.841. The van der Waals surface area contributed by atoms with Crippen molar-refractivity contribution < 1.29 is 18.0 Å². The van der Waals surface area contributed by atoms with Crippen molar-refractivity contribution >= 4 is 5.91 Å². The maximum Gasteiger partial charge on any atom is 0.416 e. The van der Waals surface area contributed by atoms with Crippen molar-refractivity contribution in [3.63, 3.8) is 0 Å². The Morgan fingerprint density at radius 2 is 1.73 bits per heavy atom. The lowest BCUT2D eigenvalue weighted by molar-refractivity contribution is -0.137. The number of nitrogens with one attached hydrogen (secondary N) is 1. The van der Waals surface area contributed by atoms with Gasteiger partial charge < -0.3 is 5.32 Å². The van der Waals surface area contributed by atoms with Gasteiger partial charge >= 0.3 is 6.18 Å². The van der Waals surface area contributed by atoms with E-state index in [1.165, 1.54) is 0 Å².